The fourth-order valence-electron chi connectivity index (χ4n) is 3.64. The average molecular weight is 488 g/mol. The molecule has 3 rings (SSSR count). The van der Waals surface area contributed by atoms with Gasteiger partial charge in [-0.25, -0.2) is 13.2 Å². The molecule has 1 heterocycles. The summed E-state index contributed by atoms with van der Waals surface area (Å²) in [6.07, 6.45) is 6.53. The van der Waals surface area contributed by atoms with Crippen LogP contribution in [0.15, 0.2) is 53.4 Å². The van der Waals surface area contributed by atoms with Crippen molar-refractivity contribution in [2.24, 2.45) is 0 Å². The SMILES string of the molecule is COc1ccc(C(=O)COC(=O)C=Cc2ccc(S(=O)(=O)N3CCCCCC3)cc2)c(OC)c1. The van der Waals surface area contributed by atoms with Gasteiger partial charge in [0.15, 0.2) is 6.61 Å². The van der Waals surface area contributed by atoms with Crippen molar-refractivity contribution in [2.75, 3.05) is 33.9 Å². The Hall–Kier alpha value is -3.17. The Morgan fingerprint density at radius 3 is 2.24 bits per heavy atom. The summed E-state index contributed by atoms with van der Waals surface area (Å²) in [7, 11) is -0.584. The van der Waals surface area contributed by atoms with Crippen LogP contribution in [0.25, 0.3) is 6.08 Å². The van der Waals surface area contributed by atoms with Gasteiger partial charge in [0.25, 0.3) is 0 Å². The van der Waals surface area contributed by atoms with E-state index in [4.69, 9.17) is 14.2 Å². The molecule has 1 fully saturated rings. The van der Waals surface area contributed by atoms with Crippen LogP contribution in [-0.4, -0.2) is 58.4 Å². The van der Waals surface area contributed by atoms with E-state index >= 15 is 0 Å². The van der Waals surface area contributed by atoms with Gasteiger partial charge in [0.05, 0.1) is 24.7 Å². The van der Waals surface area contributed by atoms with Gasteiger partial charge in [0.1, 0.15) is 11.5 Å². The molecular weight excluding hydrogens is 458 g/mol. The number of esters is 1. The van der Waals surface area contributed by atoms with E-state index in [1.165, 1.54) is 42.8 Å². The molecule has 1 aliphatic heterocycles. The molecule has 0 N–H and O–H groups in total. The van der Waals surface area contributed by atoms with Crippen LogP contribution in [0.4, 0.5) is 0 Å². The standard InChI is InChI=1S/C25H29NO7S/c1-31-20-10-13-22(24(17-20)32-2)23(27)18-33-25(28)14-9-19-7-11-21(12-8-19)34(29,30)26-15-5-3-4-6-16-26/h7-14,17H,3-6,15-16,18H2,1-2H3. The number of ketones is 1. The van der Waals surface area contributed by atoms with Gasteiger partial charge in [-0.2, -0.15) is 4.31 Å². The maximum absolute atomic E-state index is 12.9. The second-order valence-electron chi connectivity index (χ2n) is 7.82. The van der Waals surface area contributed by atoms with E-state index in [0.717, 1.165) is 25.7 Å². The molecule has 0 spiro atoms. The third-order valence-electron chi connectivity index (χ3n) is 5.55. The lowest BCUT2D eigenvalue weighted by atomic mass is 10.1. The molecule has 0 bridgehead atoms. The van der Waals surface area contributed by atoms with Crippen LogP contribution in [0.1, 0.15) is 41.6 Å². The van der Waals surface area contributed by atoms with Gasteiger partial charge in [-0.05, 0) is 48.7 Å². The van der Waals surface area contributed by atoms with Gasteiger partial charge >= 0.3 is 5.97 Å². The summed E-state index contributed by atoms with van der Waals surface area (Å²) in [5.74, 6) is -0.240. The molecule has 8 nitrogen and oxygen atoms in total. The minimum Gasteiger partial charge on any atom is -0.497 e. The normalized spacial score (nSPS) is 15.0. The smallest absolute Gasteiger partial charge is 0.331 e. The number of rotatable bonds is 9. The van der Waals surface area contributed by atoms with E-state index in [2.05, 4.69) is 0 Å². The van der Waals surface area contributed by atoms with Crippen LogP contribution >= 0.6 is 0 Å². The zero-order valence-electron chi connectivity index (χ0n) is 19.4. The first-order valence-electron chi connectivity index (χ1n) is 11.1. The first kappa shape index (κ1) is 25.5. The number of Topliss-reactive ketones (excluding diaryl/α,β-unsaturated/α-hetero) is 1. The Labute approximate surface area is 200 Å². The Morgan fingerprint density at radius 1 is 0.941 bits per heavy atom. The number of hydrogen-bond donors (Lipinski definition) is 0. The highest BCUT2D eigenvalue weighted by molar-refractivity contribution is 7.89. The van der Waals surface area contributed by atoms with E-state index in [1.54, 1.807) is 30.3 Å². The topological polar surface area (TPSA) is 99.2 Å². The van der Waals surface area contributed by atoms with Crippen molar-refractivity contribution >= 4 is 27.9 Å². The van der Waals surface area contributed by atoms with Crippen molar-refractivity contribution in [3.8, 4) is 11.5 Å². The zero-order chi connectivity index (χ0) is 24.6. The zero-order valence-corrected chi connectivity index (χ0v) is 20.2. The minimum atomic E-state index is -3.53. The van der Waals surface area contributed by atoms with Crippen LogP contribution in [0, 0.1) is 0 Å². The van der Waals surface area contributed by atoms with Gasteiger partial charge in [-0.3, -0.25) is 4.79 Å². The largest absolute Gasteiger partial charge is 0.497 e. The molecule has 34 heavy (non-hydrogen) atoms. The summed E-state index contributed by atoms with van der Waals surface area (Å²) < 4.78 is 42.6. The Morgan fingerprint density at radius 2 is 1.62 bits per heavy atom. The molecule has 0 aromatic heterocycles. The van der Waals surface area contributed by atoms with Crippen molar-refractivity contribution in [1.29, 1.82) is 0 Å². The highest BCUT2D eigenvalue weighted by atomic mass is 32.2. The summed E-state index contributed by atoms with van der Waals surface area (Å²) in [5.41, 5.74) is 0.913. The van der Waals surface area contributed by atoms with E-state index in [9.17, 15) is 18.0 Å². The predicted octanol–water partition coefficient (Wildman–Crippen LogP) is 3.71. The quantitative estimate of drug-likeness (QED) is 0.302. The number of benzene rings is 2. The van der Waals surface area contributed by atoms with Gasteiger partial charge in [0.2, 0.25) is 15.8 Å². The molecule has 9 heteroatoms. The molecular formula is C25H29NO7S. The first-order chi connectivity index (χ1) is 16.3. The summed E-state index contributed by atoms with van der Waals surface area (Å²) in [4.78, 5) is 24.7. The molecule has 0 atom stereocenters. The maximum Gasteiger partial charge on any atom is 0.331 e. The van der Waals surface area contributed by atoms with Gasteiger partial charge in [-0.15, -0.1) is 0 Å². The van der Waals surface area contributed by atoms with Gasteiger partial charge in [-0.1, -0.05) is 25.0 Å². The average Bonchev–Trinajstić information content (AvgIpc) is 3.16. The van der Waals surface area contributed by atoms with Crippen LogP contribution in [0.2, 0.25) is 0 Å². The molecule has 0 unspecified atom stereocenters. The summed E-state index contributed by atoms with van der Waals surface area (Å²) >= 11 is 0. The first-order valence-corrected chi connectivity index (χ1v) is 12.5. The van der Waals surface area contributed by atoms with Gasteiger partial charge in [0, 0.05) is 25.2 Å². The molecule has 2 aromatic rings. The summed E-state index contributed by atoms with van der Waals surface area (Å²) in [5, 5.41) is 0. The second-order valence-corrected chi connectivity index (χ2v) is 9.76. The van der Waals surface area contributed by atoms with Crippen LogP contribution in [0.3, 0.4) is 0 Å². The lowest BCUT2D eigenvalue weighted by Crippen LogP contribution is -2.31. The third-order valence-corrected chi connectivity index (χ3v) is 7.46. The van der Waals surface area contributed by atoms with Crippen molar-refractivity contribution < 1.29 is 32.2 Å². The molecule has 0 amide bonds. The summed E-state index contributed by atoms with van der Waals surface area (Å²) in [6.45, 7) is 0.632. The van der Waals surface area contributed by atoms with Crippen LogP contribution < -0.4 is 9.47 Å². The van der Waals surface area contributed by atoms with E-state index in [0.29, 0.717) is 30.2 Å². The number of carbonyl (C=O) groups is 2. The molecule has 1 aliphatic rings. The van der Waals surface area contributed by atoms with E-state index in [-0.39, 0.29) is 10.5 Å². The number of ether oxygens (including phenoxy) is 3. The fraction of sp³-hybridized carbons (Fsp3) is 0.360. The van der Waals surface area contributed by atoms with E-state index < -0.39 is 28.4 Å². The fourth-order valence-corrected chi connectivity index (χ4v) is 5.15. The predicted molar refractivity (Wildman–Crippen MR) is 128 cm³/mol. The Balaban J connectivity index is 1.57. The second kappa shape index (κ2) is 11.8. The highest BCUT2D eigenvalue weighted by Crippen LogP contribution is 2.25. The molecule has 0 radical (unpaired) electrons. The highest BCUT2D eigenvalue weighted by Gasteiger charge is 2.24. The number of methoxy groups -OCH3 is 2. The number of nitrogens with zero attached hydrogens (tertiary/aromatic N) is 1. The van der Waals surface area contributed by atoms with Crippen molar-refractivity contribution in [2.45, 2.75) is 30.6 Å². The Bertz CT molecular complexity index is 1130. The minimum absolute atomic E-state index is 0.230. The lowest BCUT2D eigenvalue weighted by Gasteiger charge is -2.19. The third kappa shape index (κ3) is 6.45. The van der Waals surface area contributed by atoms with Crippen LogP contribution in [0.5, 0.6) is 11.5 Å². The summed E-state index contributed by atoms with van der Waals surface area (Å²) in [6, 6.07) is 11.1. The molecule has 182 valence electrons. The van der Waals surface area contributed by atoms with Crippen molar-refractivity contribution in [3.05, 3.63) is 59.7 Å². The monoisotopic (exact) mass is 487 g/mol. The number of hydrogen-bond acceptors (Lipinski definition) is 7. The van der Waals surface area contributed by atoms with Crippen molar-refractivity contribution in [1.82, 2.24) is 4.31 Å². The number of carbonyl (C=O) groups excluding carboxylic acids is 2. The molecule has 0 saturated carbocycles. The van der Waals surface area contributed by atoms with Crippen LogP contribution in [-0.2, 0) is 19.6 Å². The van der Waals surface area contributed by atoms with E-state index in [1.807, 2.05) is 0 Å². The Kier molecular flexibility index (Phi) is 8.84. The maximum atomic E-state index is 12.9. The lowest BCUT2D eigenvalue weighted by molar-refractivity contribution is -0.136. The number of sulfonamides is 1. The van der Waals surface area contributed by atoms with Crippen molar-refractivity contribution in [3.63, 3.8) is 0 Å². The molecule has 1 saturated heterocycles. The van der Waals surface area contributed by atoms with Gasteiger partial charge < -0.3 is 14.2 Å². The molecule has 2 aromatic carbocycles. The molecule has 0 aliphatic carbocycles.